The number of hydrogen-bond acceptors (Lipinski definition) is 6. The summed E-state index contributed by atoms with van der Waals surface area (Å²) >= 11 is 0. The van der Waals surface area contributed by atoms with E-state index in [0.717, 1.165) is 42.8 Å². The van der Waals surface area contributed by atoms with Crippen molar-refractivity contribution in [2.75, 3.05) is 30.4 Å². The van der Waals surface area contributed by atoms with Crippen LogP contribution in [0.15, 0.2) is 30.6 Å². The van der Waals surface area contributed by atoms with Crippen LogP contribution in [0.5, 0.6) is 0 Å². The summed E-state index contributed by atoms with van der Waals surface area (Å²) < 4.78 is 0. The van der Waals surface area contributed by atoms with Gasteiger partial charge < -0.3 is 15.5 Å². The third-order valence-corrected chi connectivity index (χ3v) is 4.80. The molecule has 1 saturated carbocycles. The fourth-order valence-corrected chi connectivity index (χ4v) is 3.14. The maximum absolute atomic E-state index is 4.64. The molecule has 0 unspecified atom stereocenters. The summed E-state index contributed by atoms with van der Waals surface area (Å²) in [6, 6.07) is 3.94. The number of H-pyrrole nitrogens is 1. The molecule has 7 heteroatoms. The van der Waals surface area contributed by atoms with Gasteiger partial charge in [0.1, 0.15) is 5.82 Å². The Morgan fingerprint density at radius 2 is 2.21 bits per heavy atom. The van der Waals surface area contributed by atoms with Crippen molar-refractivity contribution in [2.45, 2.75) is 25.2 Å². The highest BCUT2D eigenvalue weighted by Gasteiger charge is 2.27. The average Bonchev–Trinajstić information content (AvgIpc) is 3.15. The summed E-state index contributed by atoms with van der Waals surface area (Å²) in [6.45, 7) is 5.92. The van der Waals surface area contributed by atoms with Gasteiger partial charge in [-0.05, 0) is 25.3 Å². The number of anilines is 3. The molecule has 2 fully saturated rings. The van der Waals surface area contributed by atoms with E-state index in [1.165, 1.54) is 18.5 Å². The summed E-state index contributed by atoms with van der Waals surface area (Å²) in [5.41, 5.74) is 2.29. The second kappa shape index (κ2) is 6.14. The topological polar surface area (TPSA) is 81.8 Å². The molecule has 4 rings (SSSR count). The summed E-state index contributed by atoms with van der Waals surface area (Å²) in [7, 11) is 1.92. The van der Waals surface area contributed by atoms with Gasteiger partial charge in [-0.3, -0.25) is 5.10 Å². The van der Waals surface area contributed by atoms with Crippen LogP contribution in [0.4, 0.5) is 17.6 Å². The molecule has 3 heterocycles. The van der Waals surface area contributed by atoms with Crippen molar-refractivity contribution in [1.29, 1.82) is 0 Å². The lowest BCUT2D eigenvalue weighted by Gasteiger charge is -2.17. The van der Waals surface area contributed by atoms with Gasteiger partial charge in [0, 0.05) is 55.6 Å². The first-order valence-corrected chi connectivity index (χ1v) is 8.50. The van der Waals surface area contributed by atoms with Gasteiger partial charge in [-0.25, -0.2) is 4.98 Å². The molecule has 126 valence electrons. The van der Waals surface area contributed by atoms with Crippen molar-refractivity contribution in [2.24, 2.45) is 5.92 Å². The first kappa shape index (κ1) is 15.0. The van der Waals surface area contributed by atoms with Crippen LogP contribution in [0.3, 0.4) is 0 Å². The van der Waals surface area contributed by atoms with Crippen molar-refractivity contribution in [3.8, 4) is 0 Å². The normalized spacial score (nSPS) is 20.2. The second-order valence-corrected chi connectivity index (χ2v) is 6.56. The van der Waals surface area contributed by atoms with Crippen LogP contribution in [0.1, 0.15) is 30.9 Å². The smallest absolute Gasteiger partial charge is 0.227 e. The molecule has 0 aromatic carbocycles. The van der Waals surface area contributed by atoms with Gasteiger partial charge in [0.25, 0.3) is 0 Å². The van der Waals surface area contributed by atoms with Crippen LogP contribution in [0.2, 0.25) is 0 Å². The van der Waals surface area contributed by atoms with Crippen molar-refractivity contribution in [1.82, 2.24) is 25.5 Å². The van der Waals surface area contributed by atoms with E-state index in [9.17, 15) is 0 Å². The maximum Gasteiger partial charge on any atom is 0.227 e. The van der Waals surface area contributed by atoms with Gasteiger partial charge in [-0.2, -0.15) is 10.1 Å². The zero-order valence-corrected chi connectivity index (χ0v) is 13.9. The maximum atomic E-state index is 4.64. The first-order valence-electron chi connectivity index (χ1n) is 8.50. The van der Waals surface area contributed by atoms with Gasteiger partial charge in [-0.1, -0.05) is 6.58 Å². The highest BCUT2D eigenvalue weighted by atomic mass is 15.3. The number of nitrogens with one attached hydrogen (secondary N) is 3. The van der Waals surface area contributed by atoms with E-state index < -0.39 is 0 Å². The molecule has 2 aromatic heterocycles. The Hall–Kier alpha value is -2.57. The quantitative estimate of drug-likeness (QED) is 0.756. The summed E-state index contributed by atoms with van der Waals surface area (Å²) in [5.74, 6) is 3.44. The van der Waals surface area contributed by atoms with Gasteiger partial charge in [0.15, 0.2) is 5.82 Å². The van der Waals surface area contributed by atoms with Gasteiger partial charge in [0.2, 0.25) is 5.95 Å². The minimum absolute atomic E-state index is 0.447. The van der Waals surface area contributed by atoms with E-state index >= 15 is 0 Å². The predicted octanol–water partition coefficient (Wildman–Crippen LogP) is 2.38. The molecule has 1 atom stereocenters. The van der Waals surface area contributed by atoms with Crippen LogP contribution in [0, 0.1) is 5.92 Å². The monoisotopic (exact) mass is 325 g/mol. The Kier molecular flexibility index (Phi) is 3.84. The predicted molar refractivity (Wildman–Crippen MR) is 94.4 cm³/mol. The van der Waals surface area contributed by atoms with Gasteiger partial charge >= 0.3 is 0 Å². The number of rotatable bonds is 6. The summed E-state index contributed by atoms with van der Waals surface area (Å²) in [5, 5.41) is 13.8. The Morgan fingerprint density at radius 1 is 1.33 bits per heavy atom. The van der Waals surface area contributed by atoms with E-state index in [4.69, 9.17) is 0 Å². The minimum Gasteiger partial charge on any atom is -0.392 e. The molecular weight excluding hydrogens is 302 g/mol. The zero-order chi connectivity index (χ0) is 16.5. The van der Waals surface area contributed by atoms with Crippen LogP contribution >= 0.6 is 0 Å². The number of nitrogens with zero attached hydrogens (tertiary/aromatic N) is 4. The zero-order valence-electron chi connectivity index (χ0n) is 13.9. The summed E-state index contributed by atoms with van der Waals surface area (Å²) in [4.78, 5) is 11.3. The van der Waals surface area contributed by atoms with E-state index in [0.29, 0.717) is 11.8 Å². The van der Waals surface area contributed by atoms with Crippen molar-refractivity contribution >= 4 is 17.6 Å². The highest BCUT2D eigenvalue weighted by molar-refractivity contribution is 5.54. The minimum atomic E-state index is 0.447. The Bertz CT molecular complexity index is 734. The van der Waals surface area contributed by atoms with Gasteiger partial charge in [-0.15, -0.1) is 0 Å². The van der Waals surface area contributed by atoms with Crippen molar-refractivity contribution < 1.29 is 0 Å². The molecule has 2 aliphatic rings. The van der Waals surface area contributed by atoms with Crippen LogP contribution in [0.25, 0.3) is 0 Å². The molecule has 1 aliphatic heterocycles. The van der Waals surface area contributed by atoms with E-state index in [2.05, 4.69) is 48.3 Å². The molecule has 0 spiro atoms. The second-order valence-electron chi connectivity index (χ2n) is 6.56. The fraction of sp³-hybridized carbons (Fsp3) is 0.471. The number of aromatic amines is 1. The van der Waals surface area contributed by atoms with E-state index in [1.807, 2.05) is 13.1 Å². The lowest BCUT2D eigenvalue weighted by Crippen LogP contribution is -2.24. The van der Waals surface area contributed by atoms with E-state index in [-0.39, 0.29) is 0 Å². The molecule has 1 aliphatic carbocycles. The van der Waals surface area contributed by atoms with Crippen LogP contribution in [-0.4, -0.2) is 40.3 Å². The van der Waals surface area contributed by atoms with Crippen molar-refractivity contribution in [3.63, 3.8) is 0 Å². The largest absolute Gasteiger partial charge is 0.392 e. The third-order valence-electron chi connectivity index (χ3n) is 4.80. The van der Waals surface area contributed by atoms with Gasteiger partial charge in [0.05, 0.1) is 0 Å². The Labute approximate surface area is 141 Å². The SMILES string of the molecule is C=C(NC)[C@@H]1CCN(c2nccc(Nc3cc(C4CC4)[nH]n3)n2)C1. The molecular formula is C17H23N7. The molecule has 24 heavy (non-hydrogen) atoms. The molecule has 1 saturated heterocycles. The molecule has 0 radical (unpaired) electrons. The van der Waals surface area contributed by atoms with Crippen LogP contribution < -0.4 is 15.5 Å². The lowest BCUT2D eigenvalue weighted by atomic mass is 10.1. The highest BCUT2D eigenvalue weighted by Crippen LogP contribution is 2.39. The summed E-state index contributed by atoms with van der Waals surface area (Å²) in [6.07, 6.45) is 5.38. The molecule has 0 bridgehead atoms. The standard InChI is InChI=1S/C17H23N7/c1-11(18-2)13-6-8-24(10-13)17-19-7-5-15(21-17)20-16-9-14(22-23-16)12-3-4-12/h5,7,9,12-13,18H,1,3-4,6,8,10H2,2H3,(H2,19,20,21,22,23)/t13-/m1/s1. The third kappa shape index (κ3) is 3.06. The molecule has 7 nitrogen and oxygen atoms in total. The number of hydrogen-bond donors (Lipinski definition) is 3. The molecule has 0 amide bonds. The lowest BCUT2D eigenvalue weighted by molar-refractivity contribution is 0.642. The van der Waals surface area contributed by atoms with E-state index in [1.54, 1.807) is 6.20 Å². The van der Waals surface area contributed by atoms with Crippen molar-refractivity contribution in [3.05, 3.63) is 36.3 Å². The Morgan fingerprint density at radius 3 is 3.00 bits per heavy atom. The number of aromatic nitrogens is 4. The molecule has 3 N–H and O–H groups in total. The fourth-order valence-electron chi connectivity index (χ4n) is 3.14. The average molecular weight is 325 g/mol. The first-order chi connectivity index (χ1) is 11.7. The molecule has 2 aromatic rings. The van der Waals surface area contributed by atoms with Crippen LogP contribution in [-0.2, 0) is 0 Å². The Balaban J connectivity index is 1.44.